The zero-order valence-electron chi connectivity index (χ0n) is 19.5. The van der Waals surface area contributed by atoms with Gasteiger partial charge in [0, 0.05) is 24.2 Å². The SMILES string of the molecule is COCCN.O.O.O=C(Nc1cccc(-c2ccc(S)cc2)c1)C1(c2ccc3c(c2)OCO3)CC1. The van der Waals surface area contributed by atoms with Crippen LogP contribution in [0.2, 0.25) is 0 Å². The zero-order chi connectivity index (χ0) is 23.3. The second kappa shape index (κ2) is 12.6. The summed E-state index contributed by atoms with van der Waals surface area (Å²) in [4.78, 5) is 14.0. The molecule has 1 heterocycles. The molecular formula is C26H32N2O6S. The summed E-state index contributed by atoms with van der Waals surface area (Å²) in [5.74, 6) is 1.47. The summed E-state index contributed by atoms with van der Waals surface area (Å²) in [5, 5.41) is 3.11. The number of anilines is 1. The van der Waals surface area contributed by atoms with E-state index in [0.717, 1.165) is 45.9 Å². The van der Waals surface area contributed by atoms with Gasteiger partial charge in [-0.3, -0.25) is 4.79 Å². The van der Waals surface area contributed by atoms with E-state index in [9.17, 15) is 4.79 Å². The van der Waals surface area contributed by atoms with Crippen molar-refractivity contribution in [2.75, 3.05) is 32.4 Å². The molecule has 0 unspecified atom stereocenters. The van der Waals surface area contributed by atoms with E-state index in [4.69, 9.17) is 15.2 Å². The first-order valence-corrected chi connectivity index (χ1v) is 11.3. The van der Waals surface area contributed by atoms with E-state index in [1.54, 1.807) is 7.11 Å². The molecule has 0 bridgehead atoms. The third-order valence-corrected chi connectivity index (χ3v) is 6.05. The van der Waals surface area contributed by atoms with Crippen LogP contribution in [0.25, 0.3) is 11.1 Å². The van der Waals surface area contributed by atoms with Crippen LogP contribution in [0.5, 0.6) is 11.5 Å². The van der Waals surface area contributed by atoms with Gasteiger partial charge in [-0.15, -0.1) is 12.6 Å². The number of carbonyl (C=O) groups is 1. The summed E-state index contributed by atoms with van der Waals surface area (Å²) < 4.78 is 15.4. The Morgan fingerprint density at radius 2 is 1.71 bits per heavy atom. The Labute approximate surface area is 210 Å². The average Bonchev–Trinajstić information content (AvgIpc) is 3.51. The van der Waals surface area contributed by atoms with Gasteiger partial charge in [-0.25, -0.2) is 0 Å². The van der Waals surface area contributed by atoms with Crippen molar-refractivity contribution in [3.63, 3.8) is 0 Å². The second-order valence-corrected chi connectivity index (χ2v) is 8.53. The normalized spacial score (nSPS) is 13.9. The maximum atomic E-state index is 13.1. The Morgan fingerprint density at radius 3 is 2.34 bits per heavy atom. The fourth-order valence-corrected chi connectivity index (χ4v) is 3.91. The number of methoxy groups -OCH3 is 1. The van der Waals surface area contributed by atoms with Crippen molar-refractivity contribution >= 4 is 24.2 Å². The lowest BCUT2D eigenvalue weighted by atomic mass is 9.94. The molecule has 7 N–H and O–H groups in total. The molecule has 0 atom stereocenters. The molecule has 0 spiro atoms. The first kappa shape index (κ1) is 28.2. The minimum absolute atomic E-state index is 0. The molecule has 1 fully saturated rings. The van der Waals surface area contributed by atoms with Crippen LogP contribution in [0, 0.1) is 0 Å². The van der Waals surface area contributed by atoms with Gasteiger partial charge in [0.2, 0.25) is 12.7 Å². The minimum Gasteiger partial charge on any atom is -0.454 e. The van der Waals surface area contributed by atoms with Gasteiger partial charge < -0.3 is 36.2 Å². The molecule has 0 radical (unpaired) electrons. The molecule has 2 aliphatic rings. The fraction of sp³-hybridized carbons (Fsp3) is 0.269. The van der Waals surface area contributed by atoms with Crippen LogP contribution in [0.3, 0.4) is 0 Å². The van der Waals surface area contributed by atoms with Crippen LogP contribution in [-0.4, -0.2) is 43.9 Å². The second-order valence-electron chi connectivity index (χ2n) is 8.01. The summed E-state index contributed by atoms with van der Waals surface area (Å²) in [6.07, 6.45) is 1.67. The number of carbonyl (C=O) groups excluding carboxylic acids is 1. The predicted octanol–water partition coefficient (Wildman–Crippen LogP) is 2.98. The van der Waals surface area contributed by atoms with Crippen LogP contribution in [-0.2, 0) is 14.9 Å². The van der Waals surface area contributed by atoms with E-state index >= 15 is 0 Å². The summed E-state index contributed by atoms with van der Waals surface area (Å²) in [6, 6.07) is 21.7. The average molecular weight is 501 g/mol. The smallest absolute Gasteiger partial charge is 0.235 e. The molecule has 35 heavy (non-hydrogen) atoms. The molecule has 0 saturated heterocycles. The van der Waals surface area contributed by atoms with Crippen LogP contribution in [0.4, 0.5) is 5.69 Å². The number of nitrogens with two attached hydrogens (primary N) is 1. The number of fused-ring (bicyclic) bond motifs is 1. The van der Waals surface area contributed by atoms with Crippen LogP contribution < -0.4 is 20.5 Å². The summed E-state index contributed by atoms with van der Waals surface area (Å²) in [5.41, 5.74) is 8.45. The fourth-order valence-electron chi connectivity index (χ4n) is 3.77. The van der Waals surface area contributed by atoms with E-state index in [1.165, 1.54) is 0 Å². The van der Waals surface area contributed by atoms with Crippen molar-refractivity contribution in [1.29, 1.82) is 0 Å². The van der Waals surface area contributed by atoms with E-state index in [-0.39, 0.29) is 23.7 Å². The van der Waals surface area contributed by atoms with Crippen LogP contribution in [0.1, 0.15) is 18.4 Å². The van der Waals surface area contributed by atoms with Gasteiger partial charge in [0.15, 0.2) is 11.5 Å². The highest BCUT2D eigenvalue weighted by atomic mass is 32.1. The number of rotatable bonds is 6. The van der Waals surface area contributed by atoms with Gasteiger partial charge in [-0.1, -0.05) is 30.3 Å². The van der Waals surface area contributed by atoms with Gasteiger partial charge in [0.1, 0.15) is 0 Å². The first-order valence-electron chi connectivity index (χ1n) is 10.9. The maximum Gasteiger partial charge on any atom is 0.235 e. The third-order valence-electron chi connectivity index (χ3n) is 5.75. The van der Waals surface area contributed by atoms with Crippen molar-refractivity contribution in [1.82, 2.24) is 0 Å². The first-order chi connectivity index (χ1) is 16.1. The maximum absolute atomic E-state index is 13.1. The van der Waals surface area contributed by atoms with Crippen molar-refractivity contribution in [3.8, 4) is 22.6 Å². The molecule has 8 nitrogen and oxygen atoms in total. The number of hydrogen-bond donors (Lipinski definition) is 3. The van der Waals surface area contributed by atoms with Crippen LogP contribution >= 0.6 is 12.6 Å². The molecular weight excluding hydrogens is 468 g/mol. The molecule has 1 aliphatic carbocycles. The Kier molecular flexibility index (Phi) is 10.1. The molecule has 188 valence electrons. The van der Waals surface area contributed by atoms with Crippen molar-refractivity contribution in [2.24, 2.45) is 5.73 Å². The molecule has 9 heteroatoms. The zero-order valence-corrected chi connectivity index (χ0v) is 20.4. The highest BCUT2D eigenvalue weighted by Gasteiger charge is 2.51. The molecule has 1 aliphatic heterocycles. The Hall–Kier alpha value is -3.08. The van der Waals surface area contributed by atoms with Crippen molar-refractivity contribution in [2.45, 2.75) is 23.2 Å². The van der Waals surface area contributed by atoms with Gasteiger partial charge in [0.25, 0.3) is 0 Å². The molecule has 3 aromatic carbocycles. The number of benzene rings is 3. The third kappa shape index (κ3) is 6.53. The predicted molar refractivity (Wildman–Crippen MR) is 139 cm³/mol. The Bertz CT molecular complexity index is 1120. The van der Waals surface area contributed by atoms with E-state index in [2.05, 4.69) is 22.7 Å². The highest BCUT2D eigenvalue weighted by molar-refractivity contribution is 7.80. The largest absolute Gasteiger partial charge is 0.454 e. The lowest BCUT2D eigenvalue weighted by Crippen LogP contribution is -2.27. The van der Waals surface area contributed by atoms with E-state index in [0.29, 0.717) is 18.9 Å². The van der Waals surface area contributed by atoms with Gasteiger partial charge in [-0.05, 0) is 65.9 Å². The number of thiol groups is 1. The monoisotopic (exact) mass is 500 g/mol. The summed E-state index contributed by atoms with van der Waals surface area (Å²) >= 11 is 4.33. The topological polar surface area (TPSA) is 146 Å². The number of hydrogen-bond acceptors (Lipinski definition) is 6. The Morgan fingerprint density at radius 1 is 1.00 bits per heavy atom. The molecule has 5 rings (SSSR count). The minimum atomic E-state index is -0.481. The lowest BCUT2D eigenvalue weighted by molar-refractivity contribution is -0.118. The molecule has 1 amide bonds. The summed E-state index contributed by atoms with van der Waals surface area (Å²) in [7, 11) is 1.63. The lowest BCUT2D eigenvalue weighted by Gasteiger charge is -2.17. The standard InChI is InChI=1S/C23H19NO3S.C3H9NO.2H2O/c25-22(23(10-11-23)17-6-9-20-21(13-17)27-14-26-20)24-18-3-1-2-16(12-18)15-4-7-19(28)8-5-15;1-5-3-2-4;;/h1-9,12-13,28H,10-11,14H2,(H,24,25);2-4H2,1H3;2*1H2. The van der Waals surface area contributed by atoms with Gasteiger partial charge >= 0.3 is 0 Å². The van der Waals surface area contributed by atoms with Crippen molar-refractivity contribution in [3.05, 3.63) is 72.3 Å². The van der Waals surface area contributed by atoms with Gasteiger partial charge in [0.05, 0.1) is 12.0 Å². The number of ether oxygens (including phenoxy) is 3. The molecule has 3 aromatic rings. The number of nitrogens with one attached hydrogen (secondary N) is 1. The number of amides is 1. The Balaban J connectivity index is 0.000000565. The summed E-state index contributed by atoms with van der Waals surface area (Å²) in [6.45, 7) is 1.52. The quantitative estimate of drug-likeness (QED) is 0.445. The highest BCUT2D eigenvalue weighted by Crippen LogP contribution is 2.51. The van der Waals surface area contributed by atoms with Crippen molar-refractivity contribution < 1.29 is 30.0 Å². The molecule has 1 saturated carbocycles. The van der Waals surface area contributed by atoms with Crippen LogP contribution in [0.15, 0.2) is 71.6 Å². The molecule has 0 aromatic heterocycles. The van der Waals surface area contributed by atoms with Gasteiger partial charge in [-0.2, -0.15) is 0 Å². The van der Waals surface area contributed by atoms with E-state index < -0.39 is 5.41 Å². The van der Waals surface area contributed by atoms with E-state index in [1.807, 2.05) is 66.7 Å².